The molecule has 0 fully saturated rings. The van der Waals surface area contributed by atoms with Crippen LogP contribution in [-0.2, 0) is 0 Å². The Morgan fingerprint density at radius 3 is 2.30 bits per heavy atom. The Bertz CT molecular complexity index is 349. The van der Waals surface area contributed by atoms with Crippen molar-refractivity contribution in [1.29, 1.82) is 0 Å². The molecule has 1 N–H and O–H groups in total. The minimum atomic E-state index is -0.416. The molecule has 1 atom stereocenters. The van der Waals surface area contributed by atoms with Crippen molar-refractivity contribution in [1.82, 2.24) is 0 Å². The molecule has 0 aliphatic heterocycles. The fourth-order valence-electron chi connectivity index (χ4n) is 2.35. The van der Waals surface area contributed by atoms with E-state index < -0.39 is 6.10 Å². The second kappa shape index (κ2) is 10.7. The molecule has 0 spiro atoms. The summed E-state index contributed by atoms with van der Waals surface area (Å²) in [5.41, 5.74) is 0.915. The minimum Gasteiger partial charge on any atom is -0.493 e. The molecular formula is C18H30O2. The first-order valence-corrected chi connectivity index (χ1v) is 8.19. The van der Waals surface area contributed by atoms with Gasteiger partial charge in [-0.05, 0) is 18.9 Å². The van der Waals surface area contributed by atoms with Gasteiger partial charge in [0, 0.05) is 5.56 Å². The Balaban J connectivity index is 2.22. The molecule has 0 saturated carbocycles. The normalized spacial score (nSPS) is 12.3. The first kappa shape index (κ1) is 17.0. The maximum Gasteiger partial charge on any atom is 0.125 e. The number of hydrogen-bond donors (Lipinski definition) is 1. The highest BCUT2D eigenvalue weighted by molar-refractivity contribution is 5.34. The molecule has 0 radical (unpaired) electrons. The maximum absolute atomic E-state index is 9.95. The molecule has 0 bridgehead atoms. The quantitative estimate of drug-likeness (QED) is 0.559. The van der Waals surface area contributed by atoms with E-state index in [1.54, 1.807) is 0 Å². The summed E-state index contributed by atoms with van der Waals surface area (Å²) in [5, 5.41) is 9.95. The van der Waals surface area contributed by atoms with E-state index in [4.69, 9.17) is 4.74 Å². The predicted molar refractivity (Wildman–Crippen MR) is 85.2 cm³/mol. The third-order valence-electron chi connectivity index (χ3n) is 3.67. The van der Waals surface area contributed by atoms with E-state index in [2.05, 4.69) is 6.92 Å². The van der Waals surface area contributed by atoms with E-state index in [1.165, 1.54) is 38.5 Å². The lowest BCUT2D eigenvalue weighted by atomic mass is 10.1. The summed E-state index contributed by atoms with van der Waals surface area (Å²) < 4.78 is 5.83. The SMILES string of the molecule is CCCCCCCCCOc1ccccc1[C@@H](O)CC. The summed E-state index contributed by atoms with van der Waals surface area (Å²) in [4.78, 5) is 0. The van der Waals surface area contributed by atoms with Crippen LogP contribution in [0.1, 0.15) is 76.9 Å². The molecule has 2 heteroatoms. The first-order chi connectivity index (χ1) is 9.79. The van der Waals surface area contributed by atoms with Gasteiger partial charge in [-0.3, -0.25) is 0 Å². The van der Waals surface area contributed by atoms with Gasteiger partial charge in [0.25, 0.3) is 0 Å². The maximum atomic E-state index is 9.95. The Labute approximate surface area is 124 Å². The fraction of sp³-hybridized carbons (Fsp3) is 0.667. The van der Waals surface area contributed by atoms with Crippen LogP contribution in [0, 0.1) is 0 Å². The van der Waals surface area contributed by atoms with Gasteiger partial charge in [0.15, 0.2) is 0 Å². The van der Waals surface area contributed by atoms with Crippen molar-refractivity contribution in [3.8, 4) is 5.75 Å². The summed E-state index contributed by atoms with van der Waals surface area (Å²) in [5.74, 6) is 0.841. The average Bonchev–Trinajstić information content (AvgIpc) is 2.49. The molecule has 2 nitrogen and oxygen atoms in total. The molecular weight excluding hydrogens is 248 g/mol. The van der Waals surface area contributed by atoms with Crippen LogP contribution in [0.25, 0.3) is 0 Å². The first-order valence-electron chi connectivity index (χ1n) is 8.19. The fourth-order valence-corrected chi connectivity index (χ4v) is 2.35. The lowest BCUT2D eigenvalue weighted by Crippen LogP contribution is -2.03. The highest BCUT2D eigenvalue weighted by atomic mass is 16.5. The Kier molecular flexibility index (Phi) is 9.14. The van der Waals surface area contributed by atoms with Crippen LogP contribution in [-0.4, -0.2) is 11.7 Å². The number of rotatable bonds is 11. The van der Waals surface area contributed by atoms with Crippen molar-refractivity contribution < 1.29 is 9.84 Å². The van der Waals surface area contributed by atoms with Gasteiger partial charge in [0.1, 0.15) is 5.75 Å². The van der Waals surface area contributed by atoms with Crippen LogP contribution < -0.4 is 4.74 Å². The number of ether oxygens (including phenoxy) is 1. The van der Waals surface area contributed by atoms with Gasteiger partial charge >= 0.3 is 0 Å². The number of aliphatic hydroxyl groups is 1. The third kappa shape index (κ3) is 6.42. The molecule has 1 aromatic carbocycles. The van der Waals surface area contributed by atoms with Crippen molar-refractivity contribution in [2.45, 2.75) is 71.3 Å². The van der Waals surface area contributed by atoms with Crippen molar-refractivity contribution in [2.24, 2.45) is 0 Å². The Morgan fingerprint density at radius 1 is 0.950 bits per heavy atom. The smallest absolute Gasteiger partial charge is 0.125 e. The lowest BCUT2D eigenvalue weighted by molar-refractivity contribution is 0.167. The molecule has 0 amide bonds. The monoisotopic (exact) mass is 278 g/mol. The third-order valence-corrected chi connectivity index (χ3v) is 3.67. The number of benzene rings is 1. The van der Waals surface area contributed by atoms with Crippen LogP contribution in [0.2, 0.25) is 0 Å². The summed E-state index contributed by atoms with van der Waals surface area (Å²) in [6.45, 7) is 4.98. The van der Waals surface area contributed by atoms with Crippen molar-refractivity contribution >= 4 is 0 Å². The van der Waals surface area contributed by atoms with Gasteiger partial charge in [0.2, 0.25) is 0 Å². The summed E-state index contributed by atoms with van der Waals surface area (Å²) >= 11 is 0. The largest absolute Gasteiger partial charge is 0.493 e. The number of hydrogen-bond acceptors (Lipinski definition) is 2. The van der Waals surface area contributed by atoms with Crippen LogP contribution >= 0.6 is 0 Å². The van der Waals surface area contributed by atoms with Crippen LogP contribution in [0.4, 0.5) is 0 Å². The van der Waals surface area contributed by atoms with Crippen LogP contribution in [0.3, 0.4) is 0 Å². The molecule has 0 aromatic heterocycles. The van der Waals surface area contributed by atoms with E-state index >= 15 is 0 Å². The van der Waals surface area contributed by atoms with Gasteiger partial charge in [-0.15, -0.1) is 0 Å². The number of aliphatic hydroxyl groups excluding tert-OH is 1. The van der Waals surface area contributed by atoms with E-state index in [-0.39, 0.29) is 0 Å². The zero-order valence-corrected chi connectivity index (χ0v) is 13.1. The number of unbranched alkanes of at least 4 members (excludes halogenated alkanes) is 6. The molecule has 0 heterocycles. The van der Waals surface area contributed by atoms with Crippen LogP contribution in [0.5, 0.6) is 5.75 Å². The lowest BCUT2D eigenvalue weighted by Gasteiger charge is -2.14. The van der Waals surface area contributed by atoms with E-state index in [1.807, 2.05) is 31.2 Å². The average molecular weight is 278 g/mol. The van der Waals surface area contributed by atoms with Crippen LogP contribution in [0.15, 0.2) is 24.3 Å². The van der Waals surface area contributed by atoms with Gasteiger partial charge in [-0.25, -0.2) is 0 Å². The standard InChI is InChI=1S/C18H30O2/c1-3-5-6-7-8-9-12-15-20-18-14-11-10-13-16(18)17(19)4-2/h10-11,13-14,17,19H,3-9,12,15H2,1-2H3/t17-/m0/s1. The molecule has 114 valence electrons. The summed E-state index contributed by atoms with van der Waals surface area (Å²) in [6.07, 6.45) is 9.33. The minimum absolute atomic E-state index is 0.416. The van der Waals surface area contributed by atoms with Gasteiger partial charge in [-0.2, -0.15) is 0 Å². The van der Waals surface area contributed by atoms with E-state index in [0.29, 0.717) is 0 Å². The van der Waals surface area contributed by atoms with E-state index in [0.717, 1.165) is 30.8 Å². The molecule has 0 saturated heterocycles. The second-order valence-electron chi connectivity index (χ2n) is 5.43. The highest BCUT2D eigenvalue weighted by Crippen LogP contribution is 2.27. The van der Waals surface area contributed by atoms with Crippen molar-refractivity contribution in [3.63, 3.8) is 0 Å². The number of para-hydroxylation sites is 1. The molecule has 1 aromatic rings. The Morgan fingerprint density at radius 2 is 1.60 bits per heavy atom. The molecule has 0 aliphatic carbocycles. The van der Waals surface area contributed by atoms with Crippen molar-refractivity contribution in [2.75, 3.05) is 6.61 Å². The zero-order valence-electron chi connectivity index (χ0n) is 13.1. The van der Waals surface area contributed by atoms with Gasteiger partial charge < -0.3 is 9.84 Å². The second-order valence-corrected chi connectivity index (χ2v) is 5.43. The summed E-state index contributed by atoms with van der Waals surface area (Å²) in [7, 11) is 0. The van der Waals surface area contributed by atoms with Gasteiger partial charge in [0.05, 0.1) is 12.7 Å². The highest BCUT2D eigenvalue weighted by Gasteiger charge is 2.10. The molecule has 1 rings (SSSR count). The van der Waals surface area contributed by atoms with E-state index in [9.17, 15) is 5.11 Å². The zero-order chi connectivity index (χ0) is 14.6. The Hall–Kier alpha value is -1.02. The summed E-state index contributed by atoms with van der Waals surface area (Å²) in [6, 6.07) is 7.82. The molecule has 20 heavy (non-hydrogen) atoms. The van der Waals surface area contributed by atoms with Crippen molar-refractivity contribution in [3.05, 3.63) is 29.8 Å². The predicted octanol–water partition coefficient (Wildman–Crippen LogP) is 5.26. The molecule has 0 aliphatic rings. The molecule has 0 unspecified atom stereocenters. The topological polar surface area (TPSA) is 29.5 Å². The van der Waals surface area contributed by atoms with Gasteiger partial charge in [-0.1, -0.05) is 70.6 Å².